The Hall–Kier alpha value is -1.35. The summed E-state index contributed by atoms with van der Waals surface area (Å²) < 4.78 is 4.54. The zero-order valence-corrected chi connectivity index (χ0v) is 7.65. The number of carbonyl (C=O) groups is 1. The van der Waals surface area contributed by atoms with Crippen LogP contribution < -0.4 is 0 Å². The lowest BCUT2D eigenvalue weighted by atomic mass is 10.1. The van der Waals surface area contributed by atoms with Crippen molar-refractivity contribution < 1.29 is 14.6 Å². The molecule has 70 valence electrons. The van der Waals surface area contributed by atoms with Crippen molar-refractivity contribution in [3.05, 3.63) is 35.4 Å². The van der Waals surface area contributed by atoms with Crippen LogP contribution in [0.15, 0.2) is 24.3 Å². The van der Waals surface area contributed by atoms with Gasteiger partial charge >= 0.3 is 5.97 Å². The monoisotopic (exact) mass is 180 g/mol. The van der Waals surface area contributed by atoms with Crippen LogP contribution in [0.5, 0.6) is 0 Å². The fraction of sp³-hybridized carbons (Fsp3) is 0.300. The lowest BCUT2D eigenvalue weighted by molar-refractivity contribution is 0.0600. The normalized spacial score (nSPS) is 12.2. The SMILES string of the molecule is COC(=O)c1ccc([C@H](C)O)cc1. The van der Waals surface area contributed by atoms with Crippen LogP contribution in [0.4, 0.5) is 0 Å². The third-order valence-corrected chi connectivity index (χ3v) is 1.81. The second kappa shape index (κ2) is 4.05. The molecule has 0 aliphatic heterocycles. The van der Waals surface area contributed by atoms with E-state index in [1.165, 1.54) is 7.11 Å². The predicted molar refractivity (Wildman–Crippen MR) is 48.4 cm³/mol. The molecular weight excluding hydrogens is 168 g/mol. The van der Waals surface area contributed by atoms with Crippen LogP contribution in [-0.4, -0.2) is 18.2 Å². The van der Waals surface area contributed by atoms with E-state index in [9.17, 15) is 9.90 Å². The van der Waals surface area contributed by atoms with Gasteiger partial charge in [-0.15, -0.1) is 0 Å². The molecule has 0 amide bonds. The van der Waals surface area contributed by atoms with Gasteiger partial charge < -0.3 is 9.84 Å². The Balaban J connectivity index is 2.87. The molecule has 1 aromatic carbocycles. The minimum atomic E-state index is -0.508. The van der Waals surface area contributed by atoms with Crippen LogP contribution in [-0.2, 0) is 4.74 Å². The summed E-state index contributed by atoms with van der Waals surface area (Å²) in [5.41, 5.74) is 1.28. The van der Waals surface area contributed by atoms with E-state index in [0.29, 0.717) is 5.56 Å². The van der Waals surface area contributed by atoms with Crippen molar-refractivity contribution in [1.29, 1.82) is 0 Å². The molecule has 3 nitrogen and oxygen atoms in total. The molecule has 0 fully saturated rings. The minimum Gasteiger partial charge on any atom is -0.465 e. The quantitative estimate of drug-likeness (QED) is 0.702. The first-order valence-corrected chi connectivity index (χ1v) is 4.01. The second-order valence-electron chi connectivity index (χ2n) is 2.79. The third-order valence-electron chi connectivity index (χ3n) is 1.81. The smallest absolute Gasteiger partial charge is 0.337 e. The summed E-state index contributed by atoms with van der Waals surface area (Å²) in [4.78, 5) is 11.0. The number of rotatable bonds is 2. The predicted octanol–water partition coefficient (Wildman–Crippen LogP) is 1.53. The second-order valence-corrected chi connectivity index (χ2v) is 2.79. The van der Waals surface area contributed by atoms with Crippen molar-refractivity contribution >= 4 is 5.97 Å². The first-order valence-electron chi connectivity index (χ1n) is 4.01. The highest BCUT2D eigenvalue weighted by Gasteiger charge is 2.05. The average Bonchev–Trinajstić information content (AvgIpc) is 2.17. The van der Waals surface area contributed by atoms with Crippen LogP contribution >= 0.6 is 0 Å². The zero-order chi connectivity index (χ0) is 9.84. The van der Waals surface area contributed by atoms with Crippen LogP contribution in [0, 0.1) is 0 Å². The molecule has 0 aliphatic carbocycles. The fourth-order valence-electron chi connectivity index (χ4n) is 1.02. The highest BCUT2D eigenvalue weighted by Crippen LogP contribution is 2.12. The Morgan fingerprint density at radius 2 is 1.92 bits per heavy atom. The van der Waals surface area contributed by atoms with Crippen molar-refractivity contribution in [3.63, 3.8) is 0 Å². The Morgan fingerprint density at radius 3 is 2.31 bits per heavy atom. The van der Waals surface area contributed by atoms with Gasteiger partial charge in [-0.3, -0.25) is 0 Å². The van der Waals surface area contributed by atoms with Crippen molar-refractivity contribution in [2.45, 2.75) is 13.0 Å². The highest BCUT2D eigenvalue weighted by molar-refractivity contribution is 5.89. The maximum Gasteiger partial charge on any atom is 0.337 e. The van der Waals surface area contributed by atoms with Gasteiger partial charge in [-0.05, 0) is 24.6 Å². The van der Waals surface area contributed by atoms with Gasteiger partial charge in [0, 0.05) is 0 Å². The maximum absolute atomic E-state index is 11.0. The minimum absolute atomic E-state index is 0.364. The molecule has 0 radical (unpaired) electrons. The van der Waals surface area contributed by atoms with Crippen molar-refractivity contribution in [3.8, 4) is 0 Å². The van der Waals surface area contributed by atoms with Crippen LogP contribution in [0.25, 0.3) is 0 Å². The van der Waals surface area contributed by atoms with Crippen molar-refractivity contribution in [2.24, 2.45) is 0 Å². The lowest BCUT2D eigenvalue weighted by Crippen LogP contribution is -2.01. The summed E-state index contributed by atoms with van der Waals surface area (Å²) >= 11 is 0. The molecule has 0 saturated heterocycles. The van der Waals surface area contributed by atoms with Gasteiger partial charge in [-0.25, -0.2) is 4.79 Å². The number of aliphatic hydroxyl groups excluding tert-OH is 1. The first-order chi connectivity index (χ1) is 6.15. The summed E-state index contributed by atoms with van der Waals surface area (Å²) in [5, 5.41) is 9.19. The Morgan fingerprint density at radius 1 is 1.38 bits per heavy atom. The van der Waals surface area contributed by atoms with Gasteiger partial charge in [0.05, 0.1) is 18.8 Å². The van der Waals surface area contributed by atoms with E-state index >= 15 is 0 Å². The van der Waals surface area contributed by atoms with E-state index in [4.69, 9.17) is 0 Å². The van der Waals surface area contributed by atoms with E-state index in [2.05, 4.69) is 4.74 Å². The van der Waals surface area contributed by atoms with Gasteiger partial charge in [0.1, 0.15) is 0 Å². The Kier molecular flexibility index (Phi) is 3.03. The van der Waals surface area contributed by atoms with Gasteiger partial charge in [0.2, 0.25) is 0 Å². The number of hydrogen-bond donors (Lipinski definition) is 1. The van der Waals surface area contributed by atoms with E-state index in [-0.39, 0.29) is 5.97 Å². The number of aliphatic hydroxyl groups is 1. The molecule has 0 spiro atoms. The van der Waals surface area contributed by atoms with Gasteiger partial charge in [-0.2, -0.15) is 0 Å². The van der Waals surface area contributed by atoms with Crippen LogP contribution in [0.1, 0.15) is 28.9 Å². The summed E-state index contributed by atoms with van der Waals surface area (Å²) in [7, 11) is 1.34. The number of methoxy groups -OCH3 is 1. The van der Waals surface area contributed by atoms with E-state index in [1.807, 2.05) is 0 Å². The van der Waals surface area contributed by atoms with E-state index < -0.39 is 6.10 Å². The van der Waals surface area contributed by atoms with Gasteiger partial charge in [0.25, 0.3) is 0 Å². The van der Waals surface area contributed by atoms with E-state index in [0.717, 1.165) is 5.56 Å². The number of benzene rings is 1. The molecule has 0 saturated carbocycles. The summed E-state index contributed by atoms with van der Waals surface area (Å²) in [6, 6.07) is 6.68. The molecule has 3 heteroatoms. The average molecular weight is 180 g/mol. The molecule has 13 heavy (non-hydrogen) atoms. The van der Waals surface area contributed by atoms with Crippen LogP contribution in [0.2, 0.25) is 0 Å². The number of ether oxygens (including phenoxy) is 1. The highest BCUT2D eigenvalue weighted by atomic mass is 16.5. The number of esters is 1. The molecule has 1 rings (SSSR count). The summed E-state index contributed by atoms with van der Waals surface area (Å²) in [5.74, 6) is -0.364. The lowest BCUT2D eigenvalue weighted by Gasteiger charge is -2.04. The summed E-state index contributed by atoms with van der Waals surface area (Å²) in [6.45, 7) is 1.67. The third kappa shape index (κ3) is 2.29. The molecule has 1 aromatic rings. The van der Waals surface area contributed by atoms with Gasteiger partial charge in [0.15, 0.2) is 0 Å². The topological polar surface area (TPSA) is 46.5 Å². The number of hydrogen-bond acceptors (Lipinski definition) is 3. The summed E-state index contributed by atoms with van der Waals surface area (Å²) in [6.07, 6.45) is -0.508. The first kappa shape index (κ1) is 9.74. The Bertz CT molecular complexity index is 288. The molecule has 0 unspecified atom stereocenters. The molecule has 1 atom stereocenters. The molecule has 0 bridgehead atoms. The molecular formula is C10H12O3. The van der Waals surface area contributed by atoms with Gasteiger partial charge in [-0.1, -0.05) is 12.1 Å². The molecule has 0 aliphatic rings. The fourth-order valence-corrected chi connectivity index (χ4v) is 1.02. The van der Waals surface area contributed by atoms with Crippen molar-refractivity contribution in [2.75, 3.05) is 7.11 Å². The standard InChI is InChI=1S/C10H12O3/c1-7(11)8-3-5-9(6-4-8)10(12)13-2/h3-7,11H,1-2H3/t7-/m0/s1. The zero-order valence-electron chi connectivity index (χ0n) is 7.65. The molecule has 1 N–H and O–H groups in total. The van der Waals surface area contributed by atoms with Crippen molar-refractivity contribution in [1.82, 2.24) is 0 Å². The number of carbonyl (C=O) groups excluding carboxylic acids is 1. The van der Waals surface area contributed by atoms with E-state index in [1.54, 1.807) is 31.2 Å². The van der Waals surface area contributed by atoms with Crippen LogP contribution in [0.3, 0.4) is 0 Å². The molecule has 0 heterocycles. The maximum atomic E-state index is 11.0. The largest absolute Gasteiger partial charge is 0.465 e. The Labute approximate surface area is 77.0 Å². The molecule has 0 aromatic heterocycles.